The summed E-state index contributed by atoms with van der Waals surface area (Å²) < 4.78 is 4.63. The van der Waals surface area contributed by atoms with Gasteiger partial charge in [-0.2, -0.15) is 0 Å². The van der Waals surface area contributed by atoms with Gasteiger partial charge in [0.2, 0.25) is 0 Å². The number of halogens is 1. The average molecular weight is 341 g/mol. The number of amides is 1. The van der Waals surface area contributed by atoms with Crippen molar-refractivity contribution >= 4 is 40.1 Å². The van der Waals surface area contributed by atoms with Crippen molar-refractivity contribution in [3.05, 3.63) is 70.9 Å². The molecule has 120 valence electrons. The fourth-order valence-electron chi connectivity index (χ4n) is 2.28. The normalized spacial score (nSPS) is 10.4. The van der Waals surface area contributed by atoms with Crippen LogP contribution in [0, 0.1) is 0 Å². The third-order valence-corrected chi connectivity index (χ3v) is 3.81. The van der Waals surface area contributed by atoms with Crippen molar-refractivity contribution < 1.29 is 14.3 Å². The molecule has 3 aromatic rings. The van der Waals surface area contributed by atoms with Gasteiger partial charge in [0.15, 0.2) is 0 Å². The molecular weight excluding hydrogens is 328 g/mol. The van der Waals surface area contributed by atoms with E-state index in [4.69, 9.17) is 11.6 Å². The van der Waals surface area contributed by atoms with E-state index < -0.39 is 5.97 Å². The van der Waals surface area contributed by atoms with Crippen LogP contribution in [0.15, 0.2) is 54.7 Å². The highest BCUT2D eigenvalue weighted by Crippen LogP contribution is 2.22. The third-order valence-electron chi connectivity index (χ3n) is 3.50. The molecule has 0 spiro atoms. The number of pyridine rings is 1. The molecule has 0 unspecified atom stereocenters. The molecule has 0 aliphatic rings. The van der Waals surface area contributed by atoms with Crippen LogP contribution in [-0.4, -0.2) is 24.0 Å². The maximum absolute atomic E-state index is 12.4. The number of hydrogen-bond acceptors (Lipinski definition) is 4. The lowest BCUT2D eigenvalue weighted by molar-refractivity contribution is 0.0601. The van der Waals surface area contributed by atoms with Gasteiger partial charge in [-0.3, -0.25) is 9.78 Å². The molecular formula is C18H13ClN2O3. The van der Waals surface area contributed by atoms with E-state index in [-0.39, 0.29) is 16.5 Å². The number of hydrogen-bond donors (Lipinski definition) is 1. The number of ether oxygens (including phenoxy) is 1. The highest BCUT2D eigenvalue weighted by atomic mass is 35.5. The molecule has 24 heavy (non-hydrogen) atoms. The second-order valence-corrected chi connectivity index (χ2v) is 5.46. The summed E-state index contributed by atoms with van der Waals surface area (Å²) in [6, 6.07) is 13.7. The van der Waals surface area contributed by atoms with Crippen molar-refractivity contribution in [2.45, 2.75) is 0 Å². The van der Waals surface area contributed by atoms with Crippen molar-refractivity contribution in [3.63, 3.8) is 0 Å². The van der Waals surface area contributed by atoms with Crippen molar-refractivity contribution in [1.82, 2.24) is 4.98 Å². The first-order chi connectivity index (χ1) is 11.6. The van der Waals surface area contributed by atoms with Gasteiger partial charge in [-0.15, -0.1) is 0 Å². The predicted octanol–water partition coefficient (Wildman–Crippen LogP) is 3.93. The van der Waals surface area contributed by atoms with E-state index in [2.05, 4.69) is 15.0 Å². The number of rotatable bonds is 3. The summed E-state index contributed by atoms with van der Waals surface area (Å²) in [6.07, 6.45) is 1.68. The minimum atomic E-state index is -0.529. The minimum absolute atomic E-state index is 0.208. The van der Waals surface area contributed by atoms with E-state index >= 15 is 0 Å². The molecule has 5 nitrogen and oxygen atoms in total. The highest BCUT2D eigenvalue weighted by molar-refractivity contribution is 6.34. The van der Waals surface area contributed by atoms with Crippen molar-refractivity contribution in [2.24, 2.45) is 0 Å². The summed E-state index contributed by atoms with van der Waals surface area (Å²) in [4.78, 5) is 28.1. The number of anilines is 1. The van der Waals surface area contributed by atoms with Crippen LogP contribution in [0.1, 0.15) is 20.7 Å². The zero-order valence-electron chi connectivity index (χ0n) is 12.7. The Kier molecular flexibility index (Phi) is 4.44. The van der Waals surface area contributed by atoms with Crippen LogP contribution in [0.5, 0.6) is 0 Å². The van der Waals surface area contributed by atoms with Gasteiger partial charge in [0.05, 0.1) is 23.2 Å². The molecule has 0 saturated carbocycles. The molecule has 1 N–H and O–H groups in total. The quantitative estimate of drug-likeness (QED) is 0.733. The van der Waals surface area contributed by atoms with Gasteiger partial charge in [0.1, 0.15) is 0 Å². The Morgan fingerprint density at radius 2 is 1.96 bits per heavy atom. The van der Waals surface area contributed by atoms with Gasteiger partial charge in [-0.25, -0.2) is 4.79 Å². The summed E-state index contributed by atoms with van der Waals surface area (Å²) >= 11 is 6.05. The first-order valence-corrected chi connectivity index (χ1v) is 7.50. The van der Waals surface area contributed by atoms with E-state index in [9.17, 15) is 9.59 Å². The highest BCUT2D eigenvalue weighted by Gasteiger charge is 2.13. The molecule has 1 heterocycles. The number of benzene rings is 2. The summed E-state index contributed by atoms with van der Waals surface area (Å²) in [7, 11) is 1.28. The summed E-state index contributed by atoms with van der Waals surface area (Å²) in [5.41, 5.74) is 1.95. The van der Waals surface area contributed by atoms with E-state index in [1.807, 2.05) is 18.2 Å². The van der Waals surface area contributed by atoms with Crippen LogP contribution < -0.4 is 5.32 Å². The minimum Gasteiger partial charge on any atom is -0.465 e. The first kappa shape index (κ1) is 16.0. The van der Waals surface area contributed by atoms with Gasteiger partial charge in [0, 0.05) is 22.8 Å². The Morgan fingerprint density at radius 3 is 2.71 bits per heavy atom. The molecule has 6 heteroatoms. The molecule has 0 radical (unpaired) electrons. The predicted molar refractivity (Wildman–Crippen MR) is 92.5 cm³/mol. The summed E-state index contributed by atoms with van der Waals surface area (Å²) in [5.74, 6) is -0.817. The SMILES string of the molecule is COC(=O)c1ccc(NC(=O)c2ccc3cccnc3c2)cc1Cl. The standard InChI is InChI=1S/C18H13ClN2O3/c1-24-18(23)14-7-6-13(10-15(14)19)21-17(22)12-5-4-11-3-2-8-20-16(11)9-12/h2-10H,1H3,(H,21,22). The molecule has 0 fully saturated rings. The smallest absolute Gasteiger partial charge is 0.339 e. The topological polar surface area (TPSA) is 68.3 Å². The number of carbonyl (C=O) groups excluding carboxylic acids is 2. The Bertz CT molecular complexity index is 940. The maximum Gasteiger partial charge on any atom is 0.339 e. The van der Waals surface area contributed by atoms with Crippen molar-refractivity contribution in [3.8, 4) is 0 Å². The molecule has 0 aliphatic heterocycles. The lowest BCUT2D eigenvalue weighted by Crippen LogP contribution is -2.12. The van der Waals surface area contributed by atoms with Gasteiger partial charge in [0.25, 0.3) is 5.91 Å². The largest absolute Gasteiger partial charge is 0.465 e. The van der Waals surface area contributed by atoms with Crippen molar-refractivity contribution in [2.75, 3.05) is 12.4 Å². The van der Waals surface area contributed by atoms with E-state index in [1.54, 1.807) is 24.4 Å². The third kappa shape index (κ3) is 3.21. The van der Waals surface area contributed by atoms with E-state index in [0.29, 0.717) is 11.3 Å². The second-order valence-electron chi connectivity index (χ2n) is 5.05. The average Bonchev–Trinajstić information content (AvgIpc) is 2.60. The number of carbonyl (C=O) groups is 2. The Morgan fingerprint density at radius 1 is 1.12 bits per heavy atom. The molecule has 2 aromatic carbocycles. The number of nitrogens with zero attached hydrogens (tertiary/aromatic N) is 1. The molecule has 0 bridgehead atoms. The first-order valence-electron chi connectivity index (χ1n) is 7.12. The fourth-order valence-corrected chi connectivity index (χ4v) is 2.54. The van der Waals surface area contributed by atoms with Crippen LogP contribution in [0.2, 0.25) is 5.02 Å². The monoisotopic (exact) mass is 340 g/mol. The summed E-state index contributed by atoms with van der Waals surface area (Å²) in [5, 5.41) is 3.91. The number of nitrogens with one attached hydrogen (secondary N) is 1. The molecule has 0 atom stereocenters. The Labute approximate surface area is 143 Å². The van der Waals surface area contributed by atoms with Crippen LogP contribution in [0.25, 0.3) is 10.9 Å². The summed E-state index contributed by atoms with van der Waals surface area (Å²) in [6.45, 7) is 0. The number of methoxy groups -OCH3 is 1. The maximum atomic E-state index is 12.4. The van der Waals surface area contributed by atoms with Crippen LogP contribution in [-0.2, 0) is 4.74 Å². The van der Waals surface area contributed by atoms with E-state index in [0.717, 1.165) is 10.9 Å². The van der Waals surface area contributed by atoms with Crippen molar-refractivity contribution in [1.29, 1.82) is 0 Å². The van der Waals surface area contributed by atoms with Gasteiger partial charge in [-0.1, -0.05) is 23.7 Å². The van der Waals surface area contributed by atoms with Gasteiger partial charge >= 0.3 is 5.97 Å². The molecule has 3 rings (SSSR count). The lowest BCUT2D eigenvalue weighted by atomic mass is 10.1. The fraction of sp³-hybridized carbons (Fsp3) is 0.0556. The molecule has 1 aromatic heterocycles. The van der Waals surface area contributed by atoms with Gasteiger partial charge in [-0.05, 0) is 36.4 Å². The second kappa shape index (κ2) is 6.68. The molecule has 0 aliphatic carbocycles. The number of esters is 1. The van der Waals surface area contributed by atoms with Crippen LogP contribution in [0.4, 0.5) is 5.69 Å². The lowest BCUT2D eigenvalue weighted by Gasteiger charge is -2.08. The Balaban J connectivity index is 1.83. The van der Waals surface area contributed by atoms with E-state index in [1.165, 1.54) is 19.2 Å². The molecule has 1 amide bonds. The van der Waals surface area contributed by atoms with Crippen LogP contribution in [0.3, 0.4) is 0 Å². The number of aromatic nitrogens is 1. The number of fused-ring (bicyclic) bond motifs is 1. The zero-order chi connectivity index (χ0) is 17.1. The Hall–Kier alpha value is -2.92. The van der Waals surface area contributed by atoms with Crippen LogP contribution >= 0.6 is 11.6 Å². The molecule has 0 saturated heterocycles. The zero-order valence-corrected chi connectivity index (χ0v) is 13.5. The van der Waals surface area contributed by atoms with Gasteiger partial charge < -0.3 is 10.1 Å².